The van der Waals surface area contributed by atoms with Crippen molar-refractivity contribution < 1.29 is 5.11 Å². The molecule has 0 heterocycles. The smallest absolute Gasteiger partial charge is 0.0431 e. The standard InChI is InChI=1S/C14H22ClNO/c1-12(16-9-3-2-4-10-17)11-13-5-7-14(15)8-6-13/h5-8,12,16-17H,2-4,9-11H2,1H3. The first-order valence-electron chi connectivity index (χ1n) is 6.31. The van der Waals surface area contributed by atoms with Crippen molar-refractivity contribution in [3.63, 3.8) is 0 Å². The highest BCUT2D eigenvalue weighted by Gasteiger charge is 2.02. The Balaban J connectivity index is 2.16. The minimum Gasteiger partial charge on any atom is -0.396 e. The Labute approximate surface area is 109 Å². The van der Waals surface area contributed by atoms with Gasteiger partial charge in [-0.25, -0.2) is 0 Å². The van der Waals surface area contributed by atoms with Gasteiger partial charge < -0.3 is 10.4 Å². The quantitative estimate of drug-likeness (QED) is 0.700. The molecule has 0 bridgehead atoms. The predicted octanol–water partition coefficient (Wildman–Crippen LogP) is 3.02. The van der Waals surface area contributed by atoms with Crippen LogP contribution >= 0.6 is 11.6 Å². The van der Waals surface area contributed by atoms with Gasteiger partial charge in [0.25, 0.3) is 0 Å². The minimum atomic E-state index is 0.306. The van der Waals surface area contributed by atoms with Crippen LogP contribution < -0.4 is 5.32 Å². The van der Waals surface area contributed by atoms with Crippen molar-refractivity contribution in [3.8, 4) is 0 Å². The summed E-state index contributed by atoms with van der Waals surface area (Å²) in [6.45, 7) is 3.52. The van der Waals surface area contributed by atoms with Crippen LogP contribution in [0.2, 0.25) is 5.02 Å². The molecule has 0 aromatic heterocycles. The van der Waals surface area contributed by atoms with Gasteiger partial charge >= 0.3 is 0 Å². The first-order valence-corrected chi connectivity index (χ1v) is 6.69. The molecule has 0 aliphatic carbocycles. The number of rotatable bonds is 8. The van der Waals surface area contributed by atoms with Crippen LogP contribution in [0.4, 0.5) is 0 Å². The molecule has 0 saturated carbocycles. The summed E-state index contributed by atoms with van der Waals surface area (Å²) in [7, 11) is 0. The van der Waals surface area contributed by atoms with Gasteiger partial charge in [-0.3, -0.25) is 0 Å². The predicted molar refractivity (Wildman–Crippen MR) is 73.6 cm³/mol. The van der Waals surface area contributed by atoms with Crippen LogP contribution in [0.15, 0.2) is 24.3 Å². The van der Waals surface area contributed by atoms with Gasteiger partial charge in [-0.1, -0.05) is 23.7 Å². The molecule has 2 N–H and O–H groups in total. The van der Waals surface area contributed by atoms with Crippen LogP contribution in [0.1, 0.15) is 31.7 Å². The summed E-state index contributed by atoms with van der Waals surface area (Å²) in [4.78, 5) is 0. The molecular formula is C14H22ClNO. The lowest BCUT2D eigenvalue weighted by Crippen LogP contribution is -2.28. The van der Waals surface area contributed by atoms with Crippen LogP contribution in [-0.4, -0.2) is 24.3 Å². The number of unbranched alkanes of at least 4 members (excludes halogenated alkanes) is 2. The second-order valence-electron chi connectivity index (χ2n) is 4.47. The molecule has 3 heteroatoms. The molecule has 1 aromatic carbocycles. The van der Waals surface area contributed by atoms with Gasteiger partial charge in [0.05, 0.1) is 0 Å². The summed E-state index contributed by atoms with van der Waals surface area (Å²) in [6, 6.07) is 8.50. The van der Waals surface area contributed by atoms with E-state index in [1.165, 1.54) is 5.56 Å². The van der Waals surface area contributed by atoms with Crippen molar-refractivity contribution in [2.24, 2.45) is 0 Å². The summed E-state index contributed by atoms with van der Waals surface area (Å²) in [5.74, 6) is 0. The molecule has 0 spiro atoms. The van der Waals surface area contributed by atoms with E-state index in [-0.39, 0.29) is 0 Å². The molecule has 0 radical (unpaired) electrons. The van der Waals surface area contributed by atoms with Gasteiger partial charge in [0.2, 0.25) is 0 Å². The third-order valence-electron chi connectivity index (χ3n) is 2.78. The summed E-state index contributed by atoms with van der Waals surface area (Å²) in [5, 5.41) is 12.9. The molecule has 0 fully saturated rings. The number of nitrogens with one attached hydrogen (secondary N) is 1. The van der Waals surface area contributed by atoms with Crippen LogP contribution in [-0.2, 0) is 6.42 Å². The average Bonchev–Trinajstić information content (AvgIpc) is 2.32. The van der Waals surface area contributed by atoms with Gasteiger partial charge in [0.1, 0.15) is 0 Å². The second-order valence-corrected chi connectivity index (χ2v) is 4.91. The maximum Gasteiger partial charge on any atom is 0.0431 e. The summed E-state index contributed by atoms with van der Waals surface area (Å²) >= 11 is 5.84. The highest BCUT2D eigenvalue weighted by molar-refractivity contribution is 6.30. The summed E-state index contributed by atoms with van der Waals surface area (Å²) < 4.78 is 0. The third kappa shape index (κ3) is 6.67. The molecule has 96 valence electrons. The maximum absolute atomic E-state index is 8.66. The Morgan fingerprint density at radius 3 is 2.53 bits per heavy atom. The monoisotopic (exact) mass is 255 g/mol. The largest absolute Gasteiger partial charge is 0.396 e. The van der Waals surface area contributed by atoms with E-state index >= 15 is 0 Å². The first kappa shape index (κ1) is 14.5. The number of hydrogen-bond donors (Lipinski definition) is 2. The van der Waals surface area contributed by atoms with E-state index in [0.29, 0.717) is 12.6 Å². The zero-order valence-corrected chi connectivity index (χ0v) is 11.2. The lowest BCUT2D eigenvalue weighted by Gasteiger charge is -2.13. The number of aliphatic hydroxyl groups excluding tert-OH is 1. The van der Waals surface area contributed by atoms with Gasteiger partial charge in [0.15, 0.2) is 0 Å². The van der Waals surface area contributed by atoms with Gasteiger partial charge in [0, 0.05) is 17.7 Å². The van der Waals surface area contributed by atoms with E-state index in [2.05, 4.69) is 24.4 Å². The van der Waals surface area contributed by atoms with E-state index in [0.717, 1.165) is 37.3 Å². The van der Waals surface area contributed by atoms with Crippen LogP contribution in [0.5, 0.6) is 0 Å². The molecular weight excluding hydrogens is 234 g/mol. The van der Waals surface area contributed by atoms with Gasteiger partial charge in [-0.05, 0) is 56.8 Å². The van der Waals surface area contributed by atoms with E-state index in [9.17, 15) is 0 Å². The fraction of sp³-hybridized carbons (Fsp3) is 0.571. The van der Waals surface area contributed by atoms with Crippen molar-refractivity contribution >= 4 is 11.6 Å². The lowest BCUT2D eigenvalue weighted by atomic mass is 10.1. The second kappa shape index (κ2) is 8.51. The normalized spacial score (nSPS) is 12.6. The van der Waals surface area contributed by atoms with Gasteiger partial charge in [-0.2, -0.15) is 0 Å². The zero-order valence-electron chi connectivity index (χ0n) is 10.5. The van der Waals surface area contributed by atoms with Crippen LogP contribution in [0.25, 0.3) is 0 Å². The average molecular weight is 256 g/mol. The number of benzene rings is 1. The molecule has 2 nitrogen and oxygen atoms in total. The van der Waals surface area contributed by atoms with E-state index in [1.807, 2.05) is 12.1 Å². The van der Waals surface area contributed by atoms with Crippen molar-refractivity contribution in [1.82, 2.24) is 5.32 Å². The molecule has 1 aromatic rings. The topological polar surface area (TPSA) is 32.3 Å². The van der Waals surface area contributed by atoms with Crippen molar-refractivity contribution in [2.45, 2.75) is 38.6 Å². The molecule has 1 rings (SSSR count). The maximum atomic E-state index is 8.66. The molecule has 0 amide bonds. The fourth-order valence-corrected chi connectivity index (χ4v) is 1.93. The molecule has 0 saturated heterocycles. The number of halogens is 1. The Bertz CT molecular complexity index is 300. The first-order chi connectivity index (χ1) is 8.22. The van der Waals surface area contributed by atoms with Crippen molar-refractivity contribution in [3.05, 3.63) is 34.9 Å². The molecule has 17 heavy (non-hydrogen) atoms. The Hall–Kier alpha value is -0.570. The molecule has 1 unspecified atom stereocenters. The van der Waals surface area contributed by atoms with E-state index in [1.54, 1.807) is 0 Å². The van der Waals surface area contributed by atoms with Crippen LogP contribution in [0, 0.1) is 0 Å². The lowest BCUT2D eigenvalue weighted by molar-refractivity contribution is 0.282. The van der Waals surface area contributed by atoms with Crippen LogP contribution in [0.3, 0.4) is 0 Å². The number of hydrogen-bond acceptors (Lipinski definition) is 2. The van der Waals surface area contributed by atoms with Crippen molar-refractivity contribution in [2.75, 3.05) is 13.2 Å². The Morgan fingerprint density at radius 2 is 1.88 bits per heavy atom. The van der Waals surface area contributed by atoms with Gasteiger partial charge in [-0.15, -0.1) is 0 Å². The fourth-order valence-electron chi connectivity index (χ4n) is 1.81. The van der Waals surface area contributed by atoms with E-state index in [4.69, 9.17) is 16.7 Å². The Kier molecular flexibility index (Phi) is 7.25. The summed E-state index contributed by atoms with van der Waals surface area (Å²) in [5.41, 5.74) is 1.31. The highest BCUT2D eigenvalue weighted by atomic mass is 35.5. The third-order valence-corrected chi connectivity index (χ3v) is 3.03. The number of aliphatic hydroxyl groups is 1. The Morgan fingerprint density at radius 1 is 1.18 bits per heavy atom. The molecule has 1 atom stereocenters. The SMILES string of the molecule is CC(Cc1ccc(Cl)cc1)NCCCCCO. The molecule has 0 aliphatic heterocycles. The highest BCUT2D eigenvalue weighted by Crippen LogP contribution is 2.11. The minimum absolute atomic E-state index is 0.306. The van der Waals surface area contributed by atoms with E-state index < -0.39 is 0 Å². The zero-order chi connectivity index (χ0) is 12.5. The molecule has 0 aliphatic rings. The van der Waals surface area contributed by atoms with Crippen molar-refractivity contribution in [1.29, 1.82) is 0 Å². The summed E-state index contributed by atoms with van der Waals surface area (Å²) in [6.07, 6.45) is 4.16.